The molecule has 3 rings (SSSR count). The molecule has 0 N–H and O–H groups in total. The number of hydrogen-bond donors (Lipinski definition) is 0. The molecule has 1 aromatic heterocycles. The largest absolute Gasteiger partial charge is 0.289 e. The van der Waals surface area contributed by atoms with E-state index in [1.807, 2.05) is 62.5 Å². The maximum Gasteiger partial charge on any atom is 0.185 e. The summed E-state index contributed by atoms with van der Waals surface area (Å²) in [7, 11) is 1.89. The molecule has 104 valence electrons. The van der Waals surface area contributed by atoms with Gasteiger partial charge in [0.15, 0.2) is 5.78 Å². The molecule has 0 unspecified atom stereocenters. The van der Waals surface area contributed by atoms with Crippen LogP contribution < -0.4 is 0 Å². The highest BCUT2D eigenvalue weighted by molar-refractivity contribution is 6.08. The third kappa shape index (κ3) is 2.63. The van der Waals surface area contributed by atoms with Gasteiger partial charge in [-0.25, -0.2) is 0 Å². The number of carbonyl (C=O) groups is 1. The molecule has 0 aliphatic carbocycles. The molecular weight excluding hydrogens is 260 g/mol. The van der Waals surface area contributed by atoms with Gasteiger partial charge in [-0.3, -0.25) is 9.48 Å². The molecule has 0 saturated carbocycles. The Bertz CT molecular complexity index is 843. The molecule has 0 atom stereocenters. The van der Waals surface area contributed by atoms with Gasteiger partial charge in [-0.05, 0) is 35.9 Å². The standard InChI is InChI=1S/C18H16N2O/c1-13-17(12-19-20(13)2)9-10-18(21)16-8-7-14-5-3-4-6-15(14)11-16/h3-12H,1-2H3. The van der Waals surface area contributed by atoms with Crippen LogP contribution in [-0.4, -0.2) is 15.6 Å². The highest BCUT2D eigenvalue weighted by Gasteiger charge is 2.04. The second-order valence-corrected chi connectivity index (χ2v) is 5.07. The number of ketones is 1. The SMILES string of the molecule is Cc1c(C=CC(=O)c2ccc3ccccc3c2)cnn1C. The fraction of sp³-hybridized carbons (Fsp3) is 0.111. The van der Waals surface area contributed by atoms with E-state index in [-0.39, 0.29) is 5.78 Å². The number of fused-ring (bicyclic) bond motifs is 1. The Morgan fingerprint density at radius 3 is 2.62 bits per heavy atom. The van der Waals surface area contributed by atoms with Crippen LogP contribution >= 0.6 is 0 Å². The minimum Gasteiger partial charge on any atom is -0.289 e. The van der Waals surface area contributed by atoms with Gasteiger partial charge in [-0.2, -0.15) is 5.10 Å². The Morgan fingerprint density at radius 2 is 1.90 bits per heavy atom. The number of allylic oxidation sites excluding steroid dienone is 1. The molecule has 0 spiro atoms. The average Bonchev–Trinajstić information content (AvgIpc) is 2.84. The van der Waals surface area contributed by atoms with E-state index in [0.29, 0.717) is 5.56 Å². The van der Waals surface area contributed by atoms with Gasteiger partial charge >= 0.3 is 0 Å². The zero-order valence-corrected chi connectivity index (χ0v) is 12.1. The number of carbonyl (C=O) groups excluding carboxylic acids is 1. The second-order valence-electron chi connectivity index (χ2n) is 5.07. The minimum absolute atomic E-state index is 0.00371. The van der Waals surface area contributed by atoms with Gasteiger partial charge < -0.3 is 0 Å². The third-order valence-corrected chi connectivity index (χ3v) is 3.72. The molecule has 0 aliphatic rings. The van der Waals surface area contributed by atoms with E-state index < -0.39 is 0 Å². The van der Waals surface area contributed by atoms with Crippen molar-refractivity contribution in [1.29, 1.82) is 0 Å². The summed E-state index contributed by atoms with van der Waals surface area (Å²) >= 11 is 0. The molecule has 21 heavy (non-hydrogen) atoms. The van der Waals surface area contributed by atoms with Gasteiger partial charge in [0.1, 0.15) is 0 Å². The molecule has 3 heteroatoms. The van der Waals surface area contributed by atoms with Crippen molar-refractivity contribution in [2.75, 3.05) is 0 Å². The van der Waals surface area contributed by atoms with Crippen LogP contribution in [0.1, 0.15) is 21.6 Å². The Kier molecular flexibility index (Phi) is 3.40. The van der Waals surface area contributed by atoms with Gasteiger partial charge in [0.25, 0.3) is 0 Å². The zero-order valence-electron chi connectivity index (χ0n) is 12.1. The number of hydrogen-bond acceptors (Lipinski definition) is 2. The molecule has 0 saturated heterocycles. The van der Waals surface area contributed by atoms with Crippen LogP contribution in [0, 0.1) is 6.92 Å². The van der Waals surface area contributed by atoms with Crippen LogP contribution in [0.4, 0.5) is 0 Å². The maximum atomic E-state index is 12.3. The van der Waals surface area contributed by atoms with Gasteiger partial charge in [0.2, 0.25) is 0 Å². The summed E-state index contributed by atoms with van der Waals surface area (Å²) in [6.45, 7) is 1.98. The topological polar surface area (TPSA) is 34.9 Å². The van der Waals surface area contributed by atoms with Crippen molar-refractivity contribution in [2.24, 2.45) is 7.05 Å². The number of nitrogens with zero attached hydrogens (tertiary/aromatic N) is 2. The lowest BCUT2D eigenvalue weighted by Gasteiger charge is -2.00. The van der Waals surface area contributed by atoms with Crippen LogP contribution in [0.25, 0.3) is 16.8 Å². The number of aryl methyl sites for hydroxylation is 1. The van der Waals surface area contributed by atoms with Crippen LogP contribution in [0.2, 0.25) is 0 Å². The Morgan fingerprint density at radius 1 is 1.14 bits per heavy atom. The van der Waals surface area contributed by atoms with Crippen molar-refractivity contribution in [1.82, 2.24) is 9.78 Å². The normalized spacial score (nSPS) is 11.3. The molecule has 0 radical (unpaired) electrons. The highest BCUT2D eigenvalue weighted by atomic mass is 16.1. The molecule has 1 heterocycles. The first-order valence-corrected chi connectivity index (χ1v) is 6.85. The van der Waals surface area contributed by atoms with Gasteiger partial charge in [-0.1, -0.05) is 36.4 Å². The van der Waals surface area contributed by atoms with Gasteiger partial charge in [-0.15, -0.1) is 0 Å². The fourth-order valence-electron chi connectivity index (χ4n) is 2.28. The highest BCUT2D eigenvalue weighted by Crippen LogP contribution is 2.17. The van der Waals surface area contributed by atoms with E-state index in [1.54, 1.807) is 17.0 Å². The number of benzene rings is 2. The van der Waals surface area contributed by atoms with Crippen LogP contribution in [0.15, 0.2) is 54.7 Å². The summed E-state index contributed by atoms with van der Waals surface area (Å²) in [5.41, 5.74) is 2.70. The lowest BCUT2D eigenvalue weighted by atomic mass is 10.0. The fourth-order valence-corrected chi connectivity index (χ4v) is 2.28. The molecule has 3 aromatic rings. The van der Waals surface area contributed by atoms with Crippen LogP contribution in [0.5, 0.6) is 0 Å². The lowest BCUT2D eigenvalue weighted by molar-refractivity contribution is 0.104. The predicted molar refractivity (Wildman–Crippen MR) is 85.3 cm³/mol. The summed E-state index contributed by atoms with van der Waals surface area (Å²) in [5, 5.41) is 6.38. The van der Waals surface area contributed by atoms with Crippen molar-refractivity contribution in [3.05, 3.63) is 71.6 Å². The molecule has 0 bridgehead atoms. The van der Waals surface area contributed by atoms with Crippen molar-refractivity contribution in [2.45, 2.75) is 6.92 Å². The third-order valence-electron chi connectivity index (χ3n) is 3.72. The van der Waals surface area contributed by atoms with E-state index in [2.05, 4.69) is 5.10 Å². The number of aromatic nitrogens is 2. The first-order valence-electron chi connectivity index (χ1n) is 6.85. The molecule has 0 fully saturated rings. The summed E-state index contributed by atoms with van der Waals surface area (Å²) in [4.78, 5) is 12.3. The summed E-state index contributed by atoms with van der Waals surface area (Å²) in [5.74, 6) is 0.00371. The average molecular weight is 276 g/mol. The van der Waals surface area contributed by atoms with Crippen LogP contribution in [0.3, 0.4) is 0 Å². The van der Waals surface area contributed by atoms with Gasteiger partial charge in [0.05, 0.1) is 6.20 Å². The van der Waals surface area contributed by atoms with E-state index >= 15 is 0 Å². The minimum atomic E-state index is 0.00371. The van der Waals surface area contributed by atoms with E-state index in [9.17, 15) is 4.79 Å². The molecular formula is C18H16N2O. The van der Waals surface area contributed by atoms with E-state index in [1.165, 1.54) is 0 Å². The maximum absolute atomic E-state index is 12.3. The molecule has 3 nitrogen and oxygen atoms in total. The predicted octanol–water partition coefficient (Wildman–Crippen LogP) is 3.78. The Balaban J connectivity index is 1.88. The summed E-state index contributed by atoms with van der Waals surface area (Å²) < 4.78 is 1.79. The lowest BCUT2D eigenvalue weighted by Crippen LogP contribution is -1.94. The second kappa shape index (κ2) is 5.37. The monoisotopic (exact) mass is 276 g/mol. The van der Waals surface area contributed by atoms with Crippen molar-refractivity contribution >= 4 is 22.6 Å². The Labute approximate surface area is 123 Å². The number of rotatable bonds is 3. The van der Waals surface area contributed by atoms with Crippen molar-refractivity contribution in [3.8, 4) is 0 Å². The van der Waals surface area contributed by atoms with E-state index in [0.717, 1.165) is 22.0 Å². The van der Waals surface area contributed by atoms with Gasteiger partial charge in [0, 0.05) is 23.9 Å². The van der Waals surface area contributed by atoms with Crippen molar-refractivity contribution in [3.63, 3.8) is 0 Å². The molecule has 0 amide bonds. The smallest absolute Gasteiger partial charge is 0.185 e. The van der Waals surface area contributed by atoms with Crippen molar-refractivity contribution < 1.29 is 4.79 Å². The van der Waals surface area contributed by atoms with Crippen LogP contribution in [-0.2, 0) is 7.05 Å². The zero-order chi connectivity index (χ0) is 14.8. The summed E-state index contributed by atoms with van der Waals surface area (Å²) in [6, 6.07) is 13.8. The molecule has 2 aromatic carbocycles. The quantitative estimate of drug-likeness (QED) is 0.539. The summed E-state index contributed by atoms with van der Waals surface area (Å²) in [6.07, 6.45) is 5.19. The molecule has 0 aliphatic heterocycles. The Hall–Kier alpha value is -2.68. The first-order chi connectivity index (χ1) is 10.1. The first kappa shape index (κ1) is 13.3. The van der Waals surface area contributed by atoms with E-state index in [4.69, 9.17) is 0 Å².